The molecule has 0 amide bonds. The van der Waals surface area contributed by atoms with Crippen LogP contribution in [0.2, 0.25) is 0 Å². The van der Waals surface area contributed by atoms with Gasteiger partial charge in [0.25, 0.3) is 0 Å². The molecule has 0 saturated carbocycles. The summed E-state index contributed by atoms with van der Waals surface area (Å²) in [4.78, 5) is 0. The molecule has 0 saturated heterocycles. The Morgan fingerprint density at radius 3 is 2.11 bits per heavy atom. The Morgan fingerprint density at radius 1 is 0.447 bits per heavy atom. The van der Waals surface area contributed by atoms with Gasteiger partial charge in [-0.25, -0.2) is 0 Å². The average Bonchev–Trinajstić information content (AvgIpc) is 3.80. The molecule has 47 heavy (non-hydrogen) atoms. The van der Waals surface area contributed by atoms with Gasteiger partial charge in [-0.3, -0.25) is 0 Å². The van der Waals surface area contributed by atoms with Crippen molar-refractivity contribution < 1.29 is 8.83 Å². The van der Waals surface area contributed by atoms with E-state index in [1.54, 1.807) is 0 Å². The molecule has 0 radical (unpaired) electrons. The van der Waals surface area contributed by atoms with Crippen molar-refractivity contribution in [3.8, 4) is 34.0 Å². The van der Waals surface area contributed by atoms with Crippen LogP contribution in [-0.4, -0.2) is 4.57 Å². The first kappa shape index (κ1) is 25.7. The van der Waals surface area contributed by atoms with E-state index in [4.69, 9.17) is 8.83 Å². The van der Waals surface area contributed by atoms with Crippen LogP contribution in [-0.2, 0) is 0 Å². The van der Waals surface area contributed by atoms with Crippen molar-refractivity contribution in [1.82, 2.24) is 4.57 Å². The molecule has 7 aromatic carbocycles. The van der Waals surface area contributed by atoms with E-state index in [9.17, 15) is 5.26 Å². The van der Waals surface area contributed by atoms with Gasteiger partial charge in [0.1, 0.15) is 16.7 Å². The molecule has 4 heteroatoms. The molecule has 0 aliphatic carbocycles. The first-order chi connectivity index (χ1) is 23.2. The first-order valence-corrected chi connectivity index (χ1v) is 15.7. The molecule has 0 spiro atoms. The number of nitriles is 1. The Balaban J connectivity index is 1.27. The number of rotatable bonds is 3. The van der Waals surface area contributed by atoms with Gasteiger partial charge in [-0.2, -0.15) is 5.26 Å². The van der Waals surface area contributed by atoms with Crippen molar-refractivity contribution in [2.45, 2.75) is 0 Å². The minimum absolute atomic E-state index is 0.642. The zero-order valence-electron chi connectivity index (χ0n) is 25.1. The molecular weight excluding hydrogens is 576 g/mol. The van der Waals surface area contributed by atoms with Crippen LogP contribution in [0.5, 0.6) is 0 Å². The summed E-state index contributed by atoms with van der Waals surface area (Å²) >= 11 is 0. The Kier molecular flexibility index (Phi) is 5.32. The van der Waals surface area contributed by atoms with Crippen LogP contribution in [0.1, 0.15) is 5.56 Å². The highest BCUT2D eigenvalue weighted by atomic mass is 16.3. The van der Waals surface area contributed by atoms with Gasteiger partial charge >= 0.3 is 0 Å². The minimum Gasteiger partial charge on any atom is -0.456 e. The predicted octanol–water partition coefficient (Wildman–Crippen LogP) is 11.8. The maximum atomic E-state index is 9.65. The molecule has 10 rings (SSSR count). The summed E-state index contributed by atoms with van der Waals surface area (Å²) in [6.45, 7) is 0. The van der Waals surface area contributed by atoms with E-state index in [-0.39, 0.29) is 0 Å². The predicted molar refractivity (Wildman–Crippen MR) is 191 cm³/mol. The van der Waals surface area contributed by atoms with Crippen LogP contribution >= 0.6 is 0 Å². The highest BCUT2D eigenvalue weighted by molar-refractivity contribution is 6.16. The van der Waals surface area contributed by atoms with E-state index in [1.165, 1.54) is 0 Å². The quantitative estimate of drug-likeness (QED) is 0.203. The molecular formula is C43H24N2O2. The van der Waals surface area contributed by atoms with Gasteiger partial charge in [0.2, 0.25) is 0 Å². The molecule has 218 valence electrons. The number of aromatic nitrogens is 1. The normalized spacial score (nSPS) is 11.8. The van der Waals surface area contributed by atoms with Crippen LogP contribution in [0.3, 0.4) is 0 Å². The summed E-state index contributed by atoms with van der Waals surface area (Å²) in [6, 6.07) is 52.5. The van der Waals surface area contributed by atoms with Gasteiger partial charge in [0.05, 0.1) is 28.4 Å². The topological polar surface area (TPSA) is 55.0 Å². The lowest BCUT2D eigenvalue weighted by Gasteiger charge is -2.08. The monoisotopic (exact) mass is 600 g/mol. The molecule has 0 fully saturated rings. The number of furan rings is 2. The third kappa shape index (κ3) is 3.75. The summed E-state index contributed by atoms with van der Waals surface area (Å²) in [5.41, 5.74) is 11.4. The van der Waals surface area contributed by atoms with E-state index >= 15 is 0 Å². The molecule has 4 nitrogen and oxygen atoms in total. The van der Waals surface area contributed by atoms with Crippen molar-refractivity contribution in [3.05, 3.63) is 151 Å². The number of nitrogens with zero attached hydrogens (tertiary/aromatic N) is 2. The summed E-state index contributed by atoms with van der Waals surface area (Å²) in [5.74, 6) is 0. The van der Waals surface area contributed by atoms with Crippen LogP contribution in [0, 0.1) is 11.3 Å². The Bertz CT molecular complexity index is 2920. The van der Waals surface area contributed by atoms with Gasteiger partial charge in [-0.15, -0.1) is 0 Å². The fourth-order valence-corrected chi connectivity index (χ4v) is 7.27. The molecule has 10 aromatic rings. The van der Waals surface area contributed by atoms with Gasteiger partial charge in [-0.1, -0.05) is 84.9 Å². The largest absolute Gasteiger partial charge is 0.456 e. The second kappa shape index (κ2) is 9.71. The molecule has 0 aliphatic rings. The van der Waals surface area contributed by atoms with Crippen molar-refractivity contribution in [2.75, 3.05) is 0 Å². The lowest BCUT2D eigenvalue weighted by atomic mass is 9.95. The van der Waals surface area contributed by atoms with Gasteiger partial charge in [-0.05, 0) is 77.4 Å². The van der Waals surface area contributed by atoms with E-state index < -0.39 is 0 Å². The molecule has 0 atom stereocenters. The van der Waals surface area contributed by atoms with Gasteiger partial charge in [0.15, 0.2) is 5.58 Å². The summed E-state index contributed by atoms with van der Waals surface area (Å²) in [5, 5.41) is 16.1. The molecule has 3 aromatic heterocycles. The van der Waals surface area contributed by atoms with Crippen molar-refractivity contribution in [2.24, 2.45) is 0 Å². The molecule has 0 N–H and O–H groups in total. The zero-order valence-corrected chi connectivity index (χ0v) is 25.1. The van der Waals surface area contributed by atoms with Gasteiger partial charge < -0.3 is 13.4 Å². The third-order valence-electron chi connectivity index (χ3n) is 9.42. The van der Waals surface area contributed by atoms with E-state index in [2.05, 4.69) is 108 Å². The van der Waals surface area contributed by atoms with E-state index in [1.807, 2.05) is 48.5 Å². The number of para-hydroxylation sites is 3. The standard InChI is InChI=1S/C43H24N2O2/c44-25-26-17-20-38-35(21-26)30-11-4-6-14-37(30)45(38)39-15-8-13-33-36-23-29(22-34(42(36)47-43(33)39)27-9-2-1-3-10-27)28-18-19-32-31-12-5-7-16-40(31)46-41(32)24-28/h1-24H. The van der Waals surface area contributed by atoms with Crippen LogP contribution in [0.4, 0.5) is 0 Å². The van der Waals surface area contributed by atoms with Crippen LogP contribution in [0.25, 0.3) is 93.6 Å². The Labute approximate surface area is 268 Å². The summed E-state index contributed by atoms with van der Waals surface area (Å²) < 4.78 is 15.5. The van der Waals surface area contributed by atoms with Crippen LogP contribution in [0.15, 0.2) is 154 Å². The highest BCUT2D eigenvalue weighted by Crippen LogP contribution is 2.43. The molecule has 0 aliphatic heterocycles. The Morgan fingerprint density at radius 2 is 1.21 bits per heavy atom. The lowest BCUT2D eigenvalue weighted by Crippen LogP contribution is -1.94. The van der Waals surface area contributed by atoms with Gasteiger partial charge in [0, 0.05) is 37.9 Å². The second-order valence-electron chi connectivity index (χ2n) is 12.0. The summed E-state index contributed by atoms with van der Waals surface area (Å²) in [6.07, 6.45) is 0. The first-order valence-electron chi connectivity index (χ1n) is 15.7. The number of hydrogen-bond donors (Lipinski definition) is 0. The van der Waals surface area contributed by atoms with Crippen molar-refractivity contribution in [1.29, 1.82) is 5.26 Å². The second-order valence-corrected chi connectivity index (χ2v) is 12.0. The highest BCUT2D eigenvalue weighted by Gasteiger charge is 2.21. The minimum atomic E-state index is 0.642. The fraction of sp³-hybridized carbons (Fsp3) is 0. The number of fused-ring (bicyclic) bond motifs is 9. The summed E-state index contributed by atoms with van der Waals surface area (Å²) in [7, 11) is 0. The van der Waals surface area contributed by atoms with Crippen molar-refractivity contribution in [3.63, 3.8) is 0 Å². The zero-order chi connectivity index (χ0) is 31.1. The molecule has 0 unspecified atom stereocenters. The third-order valence-corrected chi connectivity index (χ3v) is 9.42. The Hall–Kier alpha value is -6.57. The van der Waals surface area contributed by atoms with E-state index in [0.29, 0.717) is 5.56 Å². The maximum Gasteiger partial charge on any atom is 0.159 e. The average molecular weight is 601 g/mol. The SMILES string of the molecule is N#Cc1ccc2c(c1)c1ccccc1n2-c1cccc2c1oc1c(-c3ccccc3)cc(-c3ccc4c(c3)oc3ccccc34)cc12. The van der Waals surface area contributed by atoms with Crippen LogP contribution < -0.4 is 0 Å². The molecule has 0 bridgehead atoms. The smallest absolute Gasteiger partial charge is 0.159 e. The van der Waals surface area contributed by atoms with Crippen molar-refractivity contribution >= 4 is 65.7 Å². The fourth-order valence-electron chi connectivity index (χ4n) is 7.27. The lowest BCUT2D eigenvalue weighted by molar-refractivity contribution is 0.667. The maximum absolute atomic E-state index is 9.65. The number of hydrogen-bond acceptors (Lipinski definition) is 3. The van der Waals surface area contributed by atoms with E-state index in [0.717, 1.165) is 93.6 Å². The molecule has 3 heterocycles. The number of benzene rings is 7.